The lowest BCUT2D eigenvalue weighted by atomic mass is 10.1. The van der Waals surface area contributed by atoms with E-state index in [0.29, 0.717) is 37.0 Å². The minimum atomic E-state index is -4.63. The van der Waals surface area contributed by atoms with Crippen LogP contribution in [0.2, 0.25) is 5.02 Å². The number of amides is 1. The van der Waals surface area contributed by atoms with Crippen LogP contribution in [0, 0.1) is 0 Å². The first-order valence-corrected chi connectivity index (χ1v) is 9.39. The van der Waals surface area contributed by atoms with Crippen LogP contribution in [0.4, 0.5) is 24.5 Å². The first kappa shape index (κ1) is 21.3. The molecule has 2 aromatic rings. The molecule has 9 heteroatoms. The molecule has 1 unspecified atom stereocenters. The molecule has 0 bridgehead atoms. The molecule has 0 aliphatic carbocycles. The standard InChI is InChI=1S/C20H20ClF3N2O3/c1-13(29-18-5-3-2-4-16(18)21)19(27)25-17-7-6-14(12-15(17)20(22,23)24)26-8-10-28-11-9-26/h2-7,12-13H,8-11H2,1H3,(H,25,27). The van der Waals surface area contributed by atoms with Crippen LogP contribution in [0.15, 0.2) is 42.5 Å². The zero-order chi connectivity index (χ0) is 21.0. The van der Waals surface area contributed by atoms with Gasteiger partial charge in [0, 0.05) is 18.8 Å². The summed E-state index contributed by atoms with van der Waals surface area (Å²) >= 11 is 5.99. The number of ether oxygens (including phenoxy) is 2. The van der Waals surface area contributed by atoms with Gasteiger partial charge in [0.2, 0.25) is 0 Å². The molecule has 1 heterocycles. The lowest BCUT2D eigenvalue weighted by Crippen LogP contribution is -2.36. The number of halogens is 4. The molecule has 0 radical (unpaired) electrons. The summed E-state index contributed by atoms with van der Waals surface area (Å²) in [5.74, 6) is -0.440. The van der Waals surface area contributed by atoms with E-state index in [0.717, 1.165) is 6.07 Å². The molecule has 0 aromatic heterocycles. The van der Waals surface area contributed by atoms with E-state index in [4.69, 9.17) is 21.1 Å². The van der Waals surface area contributed by atoms with Crippen molar-refractivity contribution in [3.8, 4) is 5.75 Å². The number of rotatable bonds is 5. The van der Waals surface area contributed by atoms with E-state index < -0.39 is 23.8 Å². The number of para-hydroxylation sites is 1. The summed E-state index contributed by atoms with van der Waals surface area (Å²) in [5, 5.41) is 2.62. The number of benzene rings is 2. The van der Waals surface area contributed by atoms with Gasteiger partial charge in [-0.25, -0.2) is 0 Å². The van der Waals surface area contributed by atoms with Gasteiger partial charge in [-0.1, -0.05) is 23.7 Å². The van der Waals surface area contributed by atoms with E-state index in [1.54, 1.807) is 30.3 Å². The fourth-order valence-corrected chi connectivity index (χ4v) is 3.09. The highest BCUT2D eigenvalue weighted by Gasteiger charge is 2.35. The normalized spacial score (nSPS) is 15.7. The van der Waals surface area contributed by atoms with E-state index in [9.17, 15) is 18.0 Å². The predicted molar refractivity (Wildman–Crippen MR) is 105 cm³/mol. The Balaban J connectivity index is 1.78. The second kappa shape index (κ2) is 8.92. The predicted octanol–water partition coefficient (Wildman–Crippen LogP) is 4.60. The van der Waals surface area contributed by atoms with E-state index in [2.05, 4.69) is 5.32 Å². The number of anilines is 2. The van der Waals surface area contributed by atoms with E-state index in [-0.39, 0.29) is 11.4 Å². The second-order valence-electron chi connectivity index (χ2n) is 6.51. The Kier molecular flexibility index (Phi) is 6.54. The quantitative estimate of drug-likeness (QED) is 0.756. The number of hydrogen-bond acceptors (Lipinski definition) is 4. The van der Waals surface area contributed by atoms with Crippen molar-refractivity contribution in [2.24, 2.45) is 0 Å². The average Bonchev–Trinajstić information content (AvgIpc) is 2.69. The maximum absolute atomic E-state index is 13.6. The zero-order valence-corrected chi connectivity index (χ0v) is 16.4. The molecule has 1 aliphatic rings. The van der Waals surface area contributed by atoms with Gasteiger partial charge in [0.25, 0.3) is 5.91 Å². The molecule has 156 valence electrons. The third-order valence-electron chi connectivity index (χ3n) is 4.45. The molecule has 1 atom stereocenters. The number of alkyl halides is 3. The fraction of sp³-hybridized carbons (Fsp3) is 0.350. The Morgan fingerprint density at radius 2 is 1.90 bits per heavy atom. The third-order valence-corrected chi connectivity index (χ3v) is 4.76. The molecule has 1 saturated heterocycles. The summed E-state index contributed by atoms with van der Waals surface area (Å²) in [6, 6.07) is 10.4. The Morgan fingerprint density at radius 1 is 1.21 bits per heavy atom. The molecular formula is C20H20ClF3N2O3. The van der Waals surface area contributed by atoms with E-state index in [1.807, 2.05) is 4.90 Å². The van der Waals surface area contributed by atoms with Gasteiger partial charge >= 0.3 is 6.18 Å². The van der Waals surface area contributed by atoms with Crippen molar-refractivity contribution in [1.82, 2.24) is 0 Å². The van der Waals surface area contributed by atoms with Gasteiger partial charge in [-0.05, 0) is 37.3 Å². The fourth-order valence-electron chi connectivity index (χ4n) is 2.91. The van der Waals surface area contributed by atoms with Crippen LogP contribution in [0.25, 0.3) is 0 Å². The number of nitrogens with one attached hydrogen (secondary N) is 1. The van der Waals surface area contributed by atoms with Gasteiger partial charge in [0.05, 0.1) is 29.5 Å². The Bertz CT molecular complexity index is 870. The largest absolute Gasteiger partial charge is 0.479 e. The number of carbonyl (C=O) groups excluding carboxylic acids is 1. The van der Waals surface area contributed by atoms with Crippen LogP contribution >= 0.6 is 11.6 Å². The van der Waals surface area contributed by atoms with Crippen molar-refractivity contribution in [3.63, 3.8) is 0 Å². The summed E-state index contributed by atoms with van der Waals surface area (Å²) in [7, 11) is 0. The van der Waals surface area contributed by atoms with Gasteiger partial charge in [0.15, 0.2) is 6.10 Å². The molecule has 0 saturated carbocycles. The summed E-state index contributed by atoms with van der Waals surface area (Å²) in [4.78, 5) is 14.2. The molecule has 29 heavy (non-hydrogen) atoms. The highest BCUT2D eigenvalue weighted by atomic mass is 35.5. The minimum Gasteiger partial charge on any atom is -0.479 e. The number of carbonyl (C=O) groups is 1. The number of hydrogen-bond donors (Lipinski definition) is 1. The molecule has 1 amide bonds. The Hall–Kier alpha value is -2.45. The van der Waals surface area contributed by atoms with E-state index in [1.165, 1.54) is 13.0 Å². The van der Waals surface area contributed by atoms with Gasteiger partial charge in [-0.2, -0.15) is 13.2 Å². The molecule has 1 aliphatic heterocycles. The summed E-state index contributed by atoms with van der Waals surface area (Å²) in [5.41, 5.74) is -0.812. The van der Waals surface area contributed by atoms with Crippen LogP contribution in [0.1, 0.15) is 12.5 Å². The van der Waals surface area contributed by atoms with Gasteiger partial charge in [0.1, 0.15) is 5.75 Å². The first-order valence-electron chi connectivity index (χ1n) is 9.01. The Morgan fingerprint density at radius 3 is 2.55 bits per heavy atom. The van der Waals surface area contributed by atoms with Crippen molar-refractivity contribution in [2.75, 3.05) is 36.5 Å². The Labute approximate surface area is 171 Å². The first-order chi connectivity index (χ1) is 13.8. The van der Waals surface area contributed by atoms with Crippen molar-refractivity contribution >= 4 is 28.9 Å². The monoisotopic (exact) mass is 428 g/mol. The highest BCUT2D eigenvalue weighted by Crippen LogP contribution is 2.37. The minimum absolute atomic E-state index is 0.274. The van der Waals surface area contributed by atoms with Crippen molar-refractivity contribution < 1.29 is 27.4 Å². The molecule has 1 N–H and O–H groups in total. The molecule has 2 aromatic carbocycles. The smallest absolute Gasteiger partial charge is 0.418 e. The maximum atomic E-state index is 13.6. The molecule has 3 rings (SSSR count). The summed E-state index contributed by atoms with van der Waals surface area (Å²) < 4.78 is 51.5. The van der Waals surface area contributed by atoms with Gasteiger partial charge in [-0.3, -0.25) is 4.79 Å². The van der Waals surface area contributed by atoms with Crippen LogP contribution in [0.3, 0.4) is 0 Å². The topological polar surface area (TPSA) is 50.8 Å². The third kappa shape index (κ3) is 5.33. The SMILES string of the molecule is CC(Oc1ccccc1Cl)C(=O)Nc1ccc(N2CCOCC2)cc1C(F)(F)F. The zero-order valence-electron chi connectivity index (χ0n) is 15.6. The summed E-state index contributed by atoms with van der Waals surface area (Å²) in [6.07, 6.45) is -5.67. The number of morpholine rings is 1. The van der Waals surface area contributed by atoms with Gasteiger partial charge in [-0.15, -0.1) is 0 Å². The van der Waals surface area contributed by atoms with Crippen LogP contribution in [-0.4, -0.2) is 38.3 Å². The van der Waals surface area contributed by atoms with Crippen LogP contribution < -0.4 is 15.0 Å². The highest BCUT2D eigenvalue weighted by molar-refractivity contribution is 6.32. The molecule has 5 nitrogen and oxygen atoms in total. The number of nitrogens with zero attached hydrogens (tertiary/aromatic N) is 1. The average molecular weight is 429 g/mol. The maximum Gasteiger partial charge on any atom is 0.418 e. The summed E-state index contributed by atoms with van der Waals surface area (Å²) in [6.45, 7) is 3.36. The van der Waals surface area contributed by atoms with E-state index >= 15 is 0 Å². The van der Waals surface area contributed by atoms with Gasteiger partial charge < -0.3 is 19.7 Å². The van der Waals surface area contributed by atoms with Crippen LogP contribution in [0.5, 0.6) is 5.75 Å². The molecule has 1 fully saturated rings. The van der Waals surface area contributed by atoms with Crippen molar-refractivity contribution in [3.05, 3.63) is 53.1 Å². The van der Waals surface area contributed by atoms with Crippen molar-refractivity contribution in [2.45, 2.75) is 19.2 Å². The van der Waals surface area contributed by atoms with Crippen LogP contribution in [-0.2, 0) is 15.7 Å². The van der Waals surface area contributed by atoms with Crippen molar-refractivity contribution in [1.29, 1.82) is 0 Å². The second-order valence-corrected chi connectivity index (χ2v) is 6.91. The lowest BCUT2D eigenvalue weighted by Gasteiger charge is -2.29. The molecule has 0 spiro atoms. The molecular weight excluding hydrogens is 409 g/mol. The lowest BCUT2D eigenvalue weighted by molar-refractivity contribution is -0.137.